The molecular weight excluding hydrogens is 272 g/mol. The lowest BCUT2D eigenvalue weighted by Gasteiger charge is -2.29. The highest BCUT2D eigenvalue weighted by molar-refractivity contribution is 5.82. The number of hydrogen-bond donors (Lipinski definition) is 4. The quantitative estimate of drug-likeness (QED) is 0.610. The first kappa shape index (κ1) is 17.0. The van der Waals surface area contributed by atoms with E-state index in [1.165, 1.54) is 12.5 Å². The predicted molar refractivity (Wildman–Crippen MR) is 78.9 cm³/mol. The predicted octanol–water partition coefficient (Wildman–Crippen LogP) is 1.39. The van der Waals surface area contributed by atoms with Gasteiger partial charge in [-0.05, 0) is 11.3 Å². The zero-order valence-corrected chi connectivity index (χ0v) is 12.9. The van der Waals surface area contributed by atoms with E-state index >= 15 is 0 Å². The Balaban J connectivity index is 2.52. The monoisotopic (exact) mass is 296 g/mol. The third-order valence-electron chi connectivity index (χ3n) is 3.85. The van der Waals surface area contributed by atoms with Crippen LogP contribution in [-0.2, 0) is 11.2 Å². The fourth-order valence-electron chi connectivity index (χ4n) is 1.54. The van der Waals surface area contributed by atoms with Crippen molar-refractivity contribution in [1.29, 1.82) is 0 Å². The minimum Gasteiger partial charge on any atom is -0.480 e. The average molecular weight is 296 g/mol. The lowest BCUT2D eigenvalue weighted by atomic mass is 9.81. The number of aliphatic carboxylic acids is 1. The fraction of sp³-hybridized carbons (Fsp3) is 0.643. The van der Waals surface area contributed by atoms with Crippen LogP contribution in [0, 0.1) is 11.3 Å². The topological polar surface area (TPSA) is 107 Å². The van der Waals surface area contributed by atoms with Crippen LogP contribution in [0.15, 0.2) is 12.5 Å². The third-order valence-corrected chi connectivity index (χ3v) is 3.85. The molecule has 1 rings (SSSR count). The number of rotatable bonds is 7. The second-order valence-corrected chi connectivity index (χ2v) is 6.14. The number of imidazole rings is 1. The van der Waals surface area contributed by atoms with E-state index in [9.17, 15) is 9.59 Å². The number of amides is 2. The summed E-state index contributed by atoms with van der Waals surface area (Å²) in [5.41, 5.74) is 0.601. The minimum atomic E-state index is -1.08. The zero-order valence-electron chi connectivity index (χ0n) is 12.9. The molecule has 0 aliphatic heterocycles. The Labute approximate surface area is 124 Å². The van der Waals surface area contributed by atoms with Gasteiger partial charge >= 0.3 is 12.0 Å². The molecule has 1 atom stereocenters. The number of urea groups is 1. The van der Waals surface area contributed by atoms with Crippen LogP contribution in [0.4, 0.5) is 4.79 Å². The van der Waals surface area contributed by atoms with E-state index in [1.54, 1.807) is 0 Å². The average Bonchev–Trinajstić information content (AvgIpc) is 2.88. The molecule has 0 aromatic carbocycles. The number of carboxylic acids is 1. The van der Waals surface area contributed by atoms with Crippen LogP contribution in [-0.4, -0.2) is 39.7 Å². The van der Waals surface area contributed by atoms with E-state index < -0.39 is 18.0 Å². The molecule has 21 heavy (non-hydrogen) atoms. The van der Waals surface area contributed by atoms with Crippen molar-refractivity contribution in [2.45, 2.75) is 40.2 Å². The number of aromatic nitrogens is 2. The summed E-state index contributed by atoms with van der Waals surface area (Å²) in [7, 11) is 0. The van der Waals surface area contributed by atoms with Crippen molar-refractivity contribution in [3.8, 4) is 0 Å². The number of carboxylic acid groups (broad SMARTS) is 1. The van der Waals surface area contributed by atoms with Crippen LogP contribution in [0.5, 0.6) is 0 Å². The summed E-state index contributed by atoms with van der Waals surface area (Å²) in [6, 6.07) is -1.47. The van der Waals surface area contributed by atoms with Gasteiger partial charge in [0.1, 0.15) is 6.04 Å². The number of H-pyrrole nitrogens is 1. The van der Waals surface area contributed by atoms with Crippen LogP contribution >= 0.6 is 0 Å². The van der Waals surface area contributed by atoms with Gasteiger partial charge in [0.15, 0.2) is 0 Å². The third kappa shape index (κ3) is 5.45. The molecule has 4 N–H and O–H groups in total. The van der Waals surface area contributed by atoms with Crippen molar-refractivity contribution in [1.82, 2.24) is 20.6 Å². The van der Waals surface area contributed by atoms with Crippen molar-refractivity contribution >= 4 is 12.0 Å². The van der Waals surface area contributed by atoms with Gasteiger partial charge in [-0.25, -0.2) is 14.6 Å². The molecule has 0 fully saturated rings. The van der Waals surface area contributed by atoms with Gasteiger partial charge in [-0.3, -0.25) is 0 Å². The summed E-state index contributed by atoms with van der Waals surface area (Å²) in [5.74, 6) is -0.680. The van der Waals surface area contributed by atoms with E-state index in [1.807, 2.05) is 0 Å². The first-order valence-corrected chi connectivity index (χ1v) is 6.97. The van der Waals surface area contributed by atoms with Crippen molar-refractivity contribution < 1.29 is 14.7 Å². The smallest absolute Gasteiger partial charge is 0.326 e. The minimum absolute atomic E-state index is 0.0561. The molecule has 2 amide bonds. The van der Waals surface area contributed by atoms with Crippen LogP contribution < -0.4 is 10.6 Å². The van der Waals surface area contributed by atoms with Crippen molar-refractivity contribution in [2.24, 2.45) is 11.3 Å². The second kappa shape index (κ2) is 7.10. The lowest BCUT2D eigenvalue weighted by Crippen LogP contribution is -2.49. The molecule has 7 nitrogen and oxygen atoms in total. The van der Waals surface area contributed by atoms with E-state index in [2.05, 4.69) is 48.3 Å². The van der Waals surface area contributed by atoms with Gasteiger partial charge in [0.25, 0.3) is 0 Å². The number of nitrogens with zero attached hydrogens (tertiary/aromatic N) is 1. The van der Waals surface area contributed by atoms with Crippen LogP contribution in [0.1, 0.15) is 33.4 Å². The van der Waals surface area contributed by atoms with E-state index in [0.29, 0.717) is 18.2 Å². The second-order valence-electron chi connectivity index (χ2n) is 6.14. The molecule has 1 aromatic rings. The summed E-state index contributed by atoms with van der Waals surface area (Å²) < 4.78 is 0. The molecule has 0 bridgehead atoms. The fourth-order valence-corrected chi connectivity index (χ4v) is 1.54. The number of carbonyl (C=O) groups is 2. The van der Waals surface area contributed by atoms with Crippen molar-refractivity contribution in [3.05, 3.63) is 18.2 Å². The Morgan fingerprint density at radius 2 is 2.10 bits per heavy atom. The molecule has 1 aromatic heterocycles. The van der Waals surface area contributed by atoms with Gasteiger partial charge in [-0.2, -0.15) is 0 Å². The Bertz CT molecular complexity index is 469. The molecule has 0 unspecified atom stereocenters. The zero-order chi connectivity index (χ0) is 16.0. The highest BCUT2D eigenvalue weighted by atomic mass is 16.4. The van der Waals surface area contributed by atoms with Gasteiger partial charge in [0, 0.05) is 24.9 Å². The Hall–Kier alpha value is -2.05. The largest absolute Gasteiger partial charge is 0.480 e. The normalized spacial score (nSPS) is 13.0. The van der Waals surface area contributed by atoms with Gasteiger partial charge in [-0.1, -0.05) is 27.7 Å². The highest BCUT2D eigenvalue weighted by Gasteiger charge is 2.25. The first-order valence-electron chi connectivity index (χ1n) is 6.97. The van der Waals surface area contributed by atoms with E-state index in [-0.39, 0.29) is 11.8 Å². The van der Waals surface area contributed by atoms with Gasteiger partial charge in [0.2, 0.25) is 0 Å². The maximum atomic E-state index is 11.8. The van der Waals surface area contributed by atoms with E-state index in [0.717, 1.165) is 0 Å². The summed E-state index contributed by atoms with van der Waals surface area (Å²) in [6.07, 6.45) is 3.17. The lowest BCUT2D eigenvalue weighted by molar-refractivity contribution is -0.139. The molecule has 0 radical (unpaired) electrons. The number of nitrogens with one attached hydrogen (secondary N) is 3. The standard InChI is InChI=1S/C14H24N4O3/c1-9(2)14(3,4)7-16-13(21)18-11(12(19)20)5-10-6-15-8-17-10/h6,8-9,11H,5,7H2,1-4H3,(H,15,17)(H,19,20)(H2,16,18,21)/t11-/m1/s1. The van der Waals surface area contributed by atoms with Crippen molar-refractivity contribution in [3.63, 3.8) is 0 Å². The van der Waals surface area contributed by atoms with Crippen LogP contribution in [0.3, 0.4) is 0 Å². The number of hydrogen-bond acceptors (Lipinski definition) is 3. The molecule has 0 saturated heterocycles. The summed E-state index contributed by atoms with van der Waals surface area (Å²) in [6.45, 7) is 8.75. The van der Waals surface area contributed by atoms with Gasteiger partial charge < -0.3 is 20.7 Å². The Morgan fingerprint density at radius 3 is 2.57 bits per heavy atom. The summed E-state index contributed by atoms with van der Waals surface area (Å²) in [4.78, 5) is 29.7. The molecule has 0 saturated carbocycles. The number of carbonyl (C=O) groups excluding carboxylic acids is 1. The first-order chi connectivity index (χ1) is 9.72. The summed E-state index contributed by atoms with van der Waals surface area (Å²) in [5, 5.41) is 14.4. The van der Waals surface area contributed by atoms with Crippen LogP contribution in [0.2, 0.25) is 0 Å². The summed E-state index contributed by atoms with van der Waals surface area (Å²) >= 11 is 0. The van der Waals surface area contributed by atoms with Crippen molar-refractivity contribution in [2.75, 3.05) is 6.54 Å². The molecule has 1 heterocycles. The Morgan fingerprint density at radius 1 is 1.43 bits per heavy atom. The highest BCUT2D eigenvalue weighted by Crippen LogP contribution is 2.24. The molecular formula is C14H24N4O3. The van der Waals surface area contributed by atoms with Gasteiger partial charge in [0.05, 0.1) is 6.33 Å². The molecule has 0 spiro atoms. The SMILES string of the molecule is CC(C)C(C)(C)CNC(=O)N[C@H](Cc1cnc[nH]1)C(=O)O. The van der Waals surface area contributed by atoms with Gasteiger partial charge in [-0.15, -0.1) is 0 Å². The number of aromatic amines is 1. The Kier molecular flexibility index (Phi) is 5.75. The maximum absolute atomic E-state index is 11.8. The molecule has 0 aliphatic rings. The van der Waals surface area contributed by atoms with E-state index in [4.69, 9.17) is 5.11 Å². The molecule has 7 heteroatoms. The maximum Gasteiger partial charge on any atom is 0.326 e. The van der Waals surface area contributed by atoms with Crippen LogP contribution in [0.25, 0.3) is 0 Å². The molecule has 118 valence electrons. The molecule has 0 aliphatic carbocycles.